The van der Waals surface area contributed by atoms with E-state index in [4.69, 9.17) is 11.6 Å². The molecule has 37 heavy (non-hydrogen) atoms. The first-order valence-electron chi connectivity index (χ1n) is 11.4. The van der Waals surface area contributed by atoms with Crippen molar-refractivity contribution in [3.05, 3.63) is 113 Å². The SMILES string of the molecule is Cc1nn(-c2ccccc2)c(Cl)c1/C=C/C(=O)NNC(=O)c1cc(-c2cccnc2)nc2ccccc12. The van der Waals surface area contributed by atoms with Crippen LogP contribution in [0.5, 0.6) is 0 Å². The van der Waals surface area contributed by atoms with Crippen molar-refractivity contribution >= 4 is 40.4 Å². The molecule has 2 aromatic carbocycles. The fraction of sp³-hybridized carbons (Fsp3) is 0.0357. The number of nitrogens with zero attached hydrogens (tertiary/aromatic N) is 4. The summed E-state index contributed by atoms with van der Waals surface area (Å²) in [5.41, 5.74) is 9.38. The van der Waals surface area contributed by atoms with Gasteiger partial charge >= 0.3 is 0 Å². The van der Waals surface area contributed by atoms with Gasteiger partial charge in [-0.05, 0) is 49.4 Å². The lowest BCUT2D eigenvalue weighted by Gasteiger charge is -2.10. The van der Waals surface area contributed by atoms with Gasteiger partial charge in [0.25, 0.3) is 11.8 Å². The van der Waals surface area contributed by atoms with Crippen LogP contribution in [0.1, 0.15) is 21.6 Å². The zero-order valence-electron chi connectivity index (χ0n) is 19.7. The number of pyridine rings is 2. The van der Waals surface area contributed by atoms with Crippen molar-refractivity contribution in [1.29, 1.82) is 0 Å². The Morgan fingerprint density at radius 1 is 0.973 bits per heavy atom. The Labute approximate surface area is 217 Å². The fourth-order valence-electron chi connectivity index (χ4n) is 3.85. The molecule has 0 bridgehead atoms. The highest BCUT2D eigenvalue weighted by Gasteiger charge is 2.15. The van der Waals surface area contributed by atoms with E-state index in [1.54, 1.807) is 48.3 Å². The maximum Gasteiger partial charge on any atom is 0.270 e. The van der Waals surface area contributed by atoms with Crippen LogP contribution < -0.4 is 10.9 Å². The van der Waals surface area contributed by atoms with Crippen LogP contribution in [0.25, 0.3) is 33.9 Å². The number of fused-ring (bicyclic) bond motifs is 1. The van der Waals surface area contributed by atoms with Gasteiger partial charge in [-0.1, -0.05) is 48.0 Å². The Balaban J connectivity index is 1.33. The Kier molecular flexibility index (Phi) is 6.74. The molecule has 0 aliphatic heterocycles. The van der Waals surface area contributed by atoms with Crippen LogP contribution in [-0.4, -0.2) is 31.6 Å². The summed E-state index contributed by atoms with van der Waals surface area (Å²) >= 11 is 6.51. The normalized spacial score (nSPS) is 11.1. The molecule has 3 heterocycles. The molecule has 3 aromatic heterocycles. The summed E-state index contributed by atoms with van der Waals surface area (Å²) in [5.74, 6) is -1.00. The van der Waals surface area contributed by atoms with Crippen molar-refractivity contribution in [1.82, 2.24) is 30.6 Å². The third kappa shape index (κ3) is 5.10. The number of para-hydroxylation sites is 2. The molecule has 8 nitrogen and oxygen atoms in total. The zero-order valence-corrected chi connectivity index (χ0v) is 20.5. The van der Waals surface area contributed by atoms with Gasteiger partial charge in [-0.25, -0.2) is 9.67 Å². The molecule has 0 unspecified atom stereocenters. The maximum absolute atomic E-state index is 13.1. The van der Waals surface area contributed by atoms with Crippen LogP contribution in [-0.2, 0) is 4.79 Å². The van der Waals surface area contributed by atoms with E-state index in [0.717, 1.165) is 11.3 Å². The molecule has 2 N–H and O–H groups in total. The molecule has 0 fully saturated rings. The van der Waals surface area contributed by atoms with Gasteiger partial charge in [0.15, 0.2) is 0 Å². The maximum atomic E-state index is 13.1. The predicted molar refractivity (Wildman–Crippen MR) is 143 cm³/mol. The number of hydrazine groups is 1. The van der Waals surface area contributed by atoms with Gasteiger partial charge in [0.1, 0.15) is 5.15 Å². The number of halogens is 1. The second-order valence-electron chi connectivity index (χ2n) is 8.13. The summed E-state index contributed by atoms with van der Waals surface area (Å²) in [5, 5.41) is 5.49. The van der Waals surface area contributed by atoms with Gasteiger partial charge in [-0.15, -0.1) is 0 Å². The Morgan fingerprint density at radius 2 is 1.76 bits per heavy atom. The van der Waals surface area contributed by atoms with Crippen LogP contribution in [0, 0.1) is 6.92 Å². The molecular formula is C28H21ClN6O2. The number of carbonyl (C=O) groups excluding carboxylic acids is 2. The average Bonchev–Trinajstić information content (AvgIpc) is 3.23. The van der Waals surface area contributed by atoms with Crippen molar-refractivity contribution in [3.63, 3.8) is 0 Å². The molecule has 5 rings (SSSR count). The average molecular weight is 509 g/mol. The second-order valence-corrected chi connectivity index (χ2v) is 8.49. The van der Waals surface area contributed by atoms with Crippen LogP contribution in [0.3, 0.4) is 0 Å². The Bertz CT molecular complexity index is 1630. The number of rotatable bonds is 5. The third-order valence-electron chi connectivity index (χ3n) is 5.67. The number of hydrogen-bond acceptors (Lipinski definition) is 5. The third-order valence-corrected chi connectivity index (χ3v) is 6.03. The summed E-state index contributed by atoms with van der Waals surface area (Å²) < 4.78 is 1.60. The van der Waals surface area contributed by atoms with E-state index < -0.39 is 11.8 Å². The number of hydrogen-bond donors (Lipinski definition) is 2. The molecule has 0 aliphatic rings. The highest BCUT2D eigenvalue weighted by atomic mass is 35.5. The first kappa shape index (κ1) is 23.9. The van der Waals surface area contributed by atoms with Gasteiger partial charge in [0.05, 0.1) is 28.2 Å². The van der Waals surface area contributed by atoms with E-state index in [-0.39, 0.29) is 0 Å². The molecule has 0 atom stereocenters. The van der Waals surface area contributed by atoms with Gasteiger partial charge in [-0.3, -0.25) is 25.4 Å². The quantitative estimate of drug-likeness (QED) is 0.259. The topological polar surface area (TPSA) is 102 Å². The Hall–Kier alpha value is -4.82. The van der Waals surface area contributed by atoms with Crippen LogP contribution in [0.15, 0.2) is 91.3 Å². The number of aryl methyl sites for hydroxylation is 1. The lowest BCUT2D eigenvalue weighted by molar-refractivity contribution is -0.117. The Morgan fingerprint density at radius 3 is 2.54 bits per heavy atom. The molecule has 182 valence electrons. The summed E-state index contributed by atoms with van der Waals surface area (Å²) in [4.78, 5) is 34.3. The van der Waals surface area contributed by atoms with Crippen molar-refractivity contribution in [2.75, 3.05) is 0 Å². The number of nitrogens with one attached hydrogen (secondary N) is 2. The van der Waals surface area contributed by atoms with Crippen molar-refractivity contribution in [3.8, 4) is 16.9 Å². The smallest absolute Gasteiger partial charge is 0.268 e. The summed E-state index contributed by atoms with van der Waals surface area (Å²) in [7, 11) is 0. The number of aromatic nitrogens is 4. The number of benzene rings is 2. The summed E-state index contributed by atoms with van der Waals surface area (Å²) in [6.45, 7) is 1.80. The second kappa shape index (κ2) is 10.4. The number of amides is 2. The van der Waals surface area contributed by atoms with Crippen molar-refractivity contribution < 1.29 is 9.59 Å². The largest absolute Gasteiger partial charge is 0.270 e. The minimum atomic E-state index is -0.526. The van der Waals surface area contributed by atoms with E-state index in [9.17, 15) is 9.59 Å². The van der Waals surface area contributed by atoms with Crippen LogP contribution in [0.2, 0.25) is 5.15 Å². The van der Waals surface area contributed by atoms with Gasteiger partial charge in [-0.2, -0.15) is 5.10 Å². The van der Waals surface area contributed by atoms with Crippen molar-refractivity contribution in [2.45, 2.75) is 6.92 Å². The van der Waals surface area contributed by atoms with Gasteiger partial charge in [0.2, 0.25) is 0 Å². The van der Waals surface area contributed by atoms with Crippen LogP contribution >= 0.6 is 11.6 Å². The molecule has 9 heteroatoms. The van der Waals surface area contributed by atoms with Gasteiger partial charge in [0, 0.05) is 35.0 Å². The summed E-state index contributed by atoms with van der Waals surface area (Å²) in [6.07, 6.45) is 6.20. The van der Waals surface area contributed by atoms with E-state index in [0.29, 0.717) is 38.6 Å². The van der Waals surface area contributed by atoms with E-state index in [1.165, 1.54) is 6.08 Å². The molecule has 0 saturated carbocycles. The molecule has 0 spiro atoms. The van der Waals surface area contributed by atoms with E-state index in [1.807, 2.05) is 54.6 Å². The minimum absolute atomic E-state index is 0.372. The minimum Gasteiger partial charge on any atom is -0.268 e. The van der Waals surface area contributed by atoms with Crippen molar-refractivity contribution in [2.24, 2.45) is 0 Å². The molecule has 2 amide bonds. The van der Waals surface area contributed by atoms with E-state index >= 15 is 0 Å². The summed E-state index contributed by atoms with van der Waals surface area (Å²) in [6, 6.07) is 22.1. The predicted octanol–water partition coefficient (Wildman–Crippen LogP) is 4.92. The standard InChI is InChI=1S/C28H21ClN6O2/c1-18-21(27(29)35(34-18)20-9-3-2-4-10-20)13-14-26(36)32-33-28(37)23-16-25(19-8-7-15-30-17-19)31-24-12-6-5-11-22(23)24/h2-17H,1H3,(H,32,36)(H,33,37)/b14-13+. The first-order chi connectivity index (χ1) is 18.0. The molecule has 5 aromatic rings. The number of carbonyl (C=O) groups is 2. The molecule has 0 saturated heterocycles. The molecule has 0 aliphatic carbocycles. The first-order valence-corrected chi connectivity index (χ1v) is 11.8. The highest BCUT2D eigenvalue weighted by Crippen LogP contribution is 2.25. The van der Waals surface area contributed by atoms with Crippen LogP contribution in [0.4, 0.5) is 0 Å². The highest BCUT2D eigenvalue weighted by molar-refractivity contribution is 6.31. The fourth-order valence-corrected chi connectivity index (χ4v) is 4.19. The molecule has 0 radical (unpaired) electrons. The molecular weight excluding hydrogens is 488 g/mol. The lowest BCUT2D eigenvalue weighted by atomic mass is 10.0. The monoisotopic (exact) mass is 508 g/mol. The van der Waals surface area contributed by atoms with E-state index in [2.05, 4.69) is 25.9 Å². The lowest BCUT2D eigenvalue weighted by Crippen LogP contribution is -2.40. The zero-order chi connectivity index (χ0) is 25.8. The van der Waals surface area contributed by atoms with Gasteiger partial charge < -0.3 is 0 Å².